The van der Waals surface area contributed by atoms with E-state index in [0.717, 1.165) is 21.6 Å². The van der Waals surface area contributed by atoms with Gasteiger partial charge in [-0.3, -0.25) is 4.79 Å². The van der Waals surface area contributed by atoms with Crippen molar-refractivity contribution < 1.29 is 4.79 Å². The number of hydrogen-bond acceptors (Lipinski definition) is 2. The van der Waals surface area contributed by atoms with Crippen molar-refractivity contribution in [2.45, 2.75) is 11.8 Å². The van der Waals surface area contributed by atoms with Gasteiger partial charge in [0.2, 0.25) is 0 Å². The molecule has 0 saturated heterocycles. The summed E-state index contributed by atoms with van der Waals surface area (Å²) in [5, 5.41) is 0.0983. The monoisotopic (exact) mass is 252 g/mol. The first kappa shape index (κ1) is 12.5. The number of hydrogen-bond donors (Lipinski definition) is 0. The van der Waals surface area contributed by atoms with Gasteiger partial charge in [-0.25, -0.2) is 0 Å². The first-order valence-electron chi connectivity index (χ1n) is 5.54. The minimum absolute atomic E-state index is 0.0983. The van der Waals surface area contributed by atoms with Crippen LogP contribution in [0.15, 0.2) is 53.4 Å². The fourth-order valence-corrected chi connectivity index (χ4v) is 2.24. The van der Waals surface area contributed by atoms with E-state index >= 15 is 0 Å². The van der Waals surface area contributed by atoms with Gasteiger partial charge in [0.1, 0.15) is 0 Å². The molecule has 0 saturated carbocycles. The molecule has 18 heavy (non-hydrogen) atoms. The molecular formula is C16H12OS. The zero-order valence-electron chi connectivity index (χ0n) is 10.0. The molecule has 1 nitrogen and oxygen atoms in total. The van der Waals surface area contributed by atoms with E-state index in [1.54, 1.807) is 6.92 Å². The fourth-order valence-electron chi connectivity index (χ4n) is 1.64. The van der Waals surface area contributed by atoms with Gasteiger partial charge in [0, 0.05) is 17.4 Å². The highest BCUT2D eigenvalue weighted by atomic mass is 32.2. The molecule has 0 spiro atoms. The highest BCUT2D eigenvalue weighted by Crippen LogP contribution is 2.24. The predicted octanol–water partition coefficient (Wildman–Crippen LogP) is 3.97. The van der Waals surface area contributed by atoms with E-state index in [0.29, 0.717) is 0 Å². The van der Waals surface area contributed by atoms with Crippen molar-refractivity contribution in [3.63, 3.8) is 0 Å². The van der Waals surface area contributed by atoms with E-state index in [2.05, 4.69) is 5.92 Å². The fraction of sp³-hybridized carbons (Fsp3) is 0.0625. The Bertz CT molecular complexity index is 588. The van der Waals surface area contributed by atoms with Crippen LogP contribution in [-0.2, 0) is 4.79 Å². The van der Waals surface area contributed by atoms with Crippen LogP contribution >= 0.6 is 11.8 Å². The van der Waals surface area contributed by atoms with Crippen LogP contribution < -0.4 is 0 Å². The van der Waals surface area contributed by atoms with E-state index in [1.807, 2.05) is 48.5 Å². The zero-order valence-corrected chi connectivity index (χ0v) is 10.8. The van der Waals surface area contributed by atoms with Crippen LogP contribution in [-0.4, -0.2) is 5.12 Å². The molecule has 0 bridgehead atoms. The Hall–Kier alpha value is -1.98. The van der Waals surface area contributed by atoms with E-state index in [-0.39, 0.29) is 5.12 Å². The molecule has 88 valence electrons. The summed E-state index contributed by atoms with van der Waals surface area (Å²) >= 11 is 1.24. The topological polar surface area (TPSA) is 17.1 Å². The summed E-state index contributed by atoms with van der Waals surface area (Å²) in [6.07, 6.45) is 5.32. The summed E-state index contributed by atoms with van der Waals surface area (Å²) in [6.45, 7) is 1.57. The molecule has 2 aromatic carbocycles. The van der Waals surface area contributed by atoms with Crippen molar-refractivity contribution in [2.24, 2.45) is 0 Å². The summed E-state index contributed by atoms with van der Waals surface area (Å²) < 4.78 is 0. The van der Waals surface area contributed by atoms with Gasteiger partial charge in [0.25, 0.3) is 0 Å². The molecule has 2 heteroatoms. The minimum atomic E-state index is 0.0983. The third-order valence-corrected chi connectivity index (χ3v) is 3.30. The number of rotatable bonds is 2. The molecule has 2 rings (SSSR count). The molecule has 0 unspecified atom stereocenters. The lowest BCUT2D eigenvalue weighted by Crippen LogP contribution is -1.82. The van der Waals surface area contributed by atoms with Crippen LogP contribution in [0.2, 0.25) is 0 Å². The minimum Gasteiger partial charge on any atom is -0.287 e. The summed E-state index contributed by atoms with van der Waals surface area (Å²) in [5.74, 6) is 2.60. The van der Waals surface area contributed by atoms with Gasteiger partial charge in [-0.15, -0.1) is 6.42 Å². The Morgan fingerprint density at radius 3 is 1.94 bits per heavy atom. The quantitative estimate of drug-likeness (QED) is 0.594. The van der Waals surface area contributed by atoms with Crippen molar-refractivity contribution in [3.8, 4) is 23.5 Å². The van der Waals surface area contributed by atoms with Gasteiger partial charge in [0.15, 0.2) is 5.12 Å². The Morgan fingerprint density at radius 2 is 1.50 bits per heavy atom. The van der Waals surface area contributed by atoms with Crippen LogP contribution in [0.3, 0.4) is 0 Å². The largest absolute Gasteiger partial charge is 0.287 e. The lowest BCUT2D eigenvalue weighted by Gasteiger charge is -2.03. The third-order valence-electron chi connectivity index (χ3n) is 2.50. The van der Waals surface area contributed by atoms with Crippen LogP contribution in [0.25, 0.3) is 11.1 Å². The average molecular weight is 252 g/mol. The standard InChI is InChI=1S/C16H12OS/c1-3-13-4-6-14(7-5-13)15-8-10-16(11-9-15)18-12(2)17/h1,4-11H,2H3. The lowest BCUT2D eigenvalue weighted by atomic mass is 10.0. The molecular weight excluding hydrogens is 240 g/mol. The van der Waals surface area contributed by atoms with Crippen LogP contribution in [0.4, 0.5) is 0 Å². The number of terminal acetylenes is 1. The van der Waals surface area contributed by atoms with Gasteiger partial charge < -0.3 is 0 Å². The summed E-state index contributed by atoms with van der Waals surface area (Å²) in [6, 6.07) is 15.8. The second-order valence-electron chi connectivity index (χ2n) is 3.84. The molecule has 0 aliphatic rings. The zero-order chi connectivity index (χ0) is 13.0. The first-order valence-corrected chi connectivity index (χ1v) is 6.36. The third kappa shape index (κ3) is 3.03. The van der Waals surface area contributed by atoms with Crippen LogP contribution in [0.1, 0.15) is 12.5 Å². The summed E-state index contributed by atoms with van der Waals surface area (Å²) in [5.41, 5.74) is 3.11. The maximum atomic E-state index is 11.0. The van der Waals surface area contributed by atoms with Gasteiger partial charge in [-0.1, -0.05) is 41.9 Å². The highest BCUT2D eigenvalue weighted by molar-refractivity contribution is 8.13. The normalized spacial score (nSPS) is 9.78. The second kappa shape index (κ2) is 5.57. The molecule has 0 amide bonds. The molecule has 2 aromatic rings. The molecule has 0 radical (unpaired) electrons. The average Bonchev–Trinajstić information content (AvgIpc) is 2.39. The summed E-state index contributed by atoms with van der Waals surface area (Å²) in [4.78, 5) is 11.9. The molecule has 0 aliphatic heterocycles. The van der Waals surface area contributed by atoms with E-state index in [1.165, 1.54) is 11.8 Å². The SMILES string of the molecule is C#Cc1ccc(-c2ccc(SC(C)=O)cc2)cc1. The molecule has 0 fully saturated rings. The van der Waals surface area contributed by atoms with E-state index in [9.17, 15) is 4.79 Å². The van der Waals surface area contributed by atoms with Gasteiger partial charge in [-0.05, 0) is 35.4 Å². The Labute approximate surface area is 111 Å². The van der Waals surface area contributed by atoms with Gasteiger partial charge >= 0.3 is 0 Å². The highest BCUT2D eigenvalue weighted by Gasteiger charge is 2.00. The maximum Gasteiger partial charge on any atom is 0.190 e. The number of carbonyl (C=O) groups is 1. The van der Waals surface area contributed by atoms with E-state index < -0.39 is 0 Å². The smallest absolute Gasteiger partial charge is 0.190 e. The predicted molar refractivity (Wildman–Crippen MR) is 76.4 cm³/mol. The van der Waals surface area contributed by atoms with Crippen molar-refractivity contribution >= 4 is 16.9 Å². The van der Waals surface area contributed by atoms with Crippen LogP contribution in [0, 0.1) is 12.3 Å². The molecule has 0 heterocycles. The second-order valence-corrected chi connectivity index (χ2v) is 5.09. The van der Waals surface area contributed by atoms with Crippen molar-refractivity contribution in [1.82, 2.24) is 0 Å². The molecule has 0 N–H and O–H groups in total. The first-order chi connectivity index (χ1) is 8.69. The Kier molecular flexibility index (Phi) is 3.86. The summed E-state index contributed by atoms with van der Waals surface area (Å²) in [7, 11) is 0. The van der Waals surface area contributed by atoms with Crippen molar-refractivity contribution in [2.75, 3.05) is 0 Å². The Morgan fingerprint density at radius 1 is 1.00 bits per heavy atom. The molecule has 0 atom stereocenters. The van der Waals surface area contributed by atoms with Crippen LogP contribution in [0.5, 0.6) is 0 Å². The van der Waals surface area contributed by atoms with Gasteiger partial charge in [0.05, 0.1) is 0 Å². The molecule has 0 aliphatic carbocycles. The molecule has 0 aromatic heterocycles. The van der Waals surface area contributed by atoms with Crippen molar-refractivity contribution in [1.29, 1.82) is 0 Å². The lowest BCUT2D eigenvalue weighted by molar-refractivity contribution is -0.109. The number of thioether (sulfide) groups is 1. The Balaban J connectivity index is 2.23. The number of carbonyl (C=O) groups excluding carboxylic acids is 1. The van der Waals surface area contributed by atoms with E-state index in [4.69, 9.17) is 6.42 Å². The van der Waals surface area contributed by atoms with Gasteiger partial charge in [-0.2, -0.15) is 0 Å². The maximum absolute atomic E-state index is 11.0. The number of benzene rings is 2. The van der Waals surface area contributed by atoms with Crippen molar-refractivity contribution in [3.05, 3.63) is 54.1 Å².